The second-order valence-electron chi connectivity index (χ2n) is 6.46. The summed E-state index contributed by atoms with van der Waals surface area (Å²) in [6.07, 6.45) is 2.10. The van der Waals surface area contributed by atoms with Crippen LogP contribution < -0.4 is 10.6 Å². The summed E-state index contributed by atoms with van der Waals surface area (Å²) in [7, 11) is 0. The average Bonchev–Trinajstić information content (AvgIpc) is 2.95. The molecule has 1 amide bonds. The lowest BCUT2D eigenvalue weighted by Crippen LogP contribution is -2.46. The number of benzene rings is 1. The first kappa shape index (κ1) is 14.5. The quantitative estimate of drug-likeness (QED) is 0.892. The molecule has 21 heavy (non-hydrogen) atoms. The Bertz CT molecular complexity index is 519. The highest BCUT2D eigenvalue weighted by Crippen LogP contribution is 2.18. The third kappa shape index (κ3) is 3.27. The van der Waals surface area contributed by atoms with Crippen LogP contribution in [0.2, 0.25) is 0 Å². The minimum absolute atomic E-state index is 0.0766. The molecule has 1 fully saturated rings. The van der Waals surface area contributed by atoms with Crippen molar-refractivity contribution in [3.63, 3.8) is 0 Å². The molecule has 0 spiro atoms. The maximum absolute atomic E-state index is 12.4. The minimum Gasteiger partial charge on any atom is -0.349 e. The second-order valence-corrected chi connectivity index (χ2v) is 6.46. The first-order valence-corrected chi connectivity index (χ1v) is 8.01. The fourth-order valence-electron chi connectivity index (χ4n) is 3.26. The van der Waals surface area contributed by atoms with Crippen molar-refractivity contribution in [3.8, 4) is 0 Å². The highest BCUT2D eigenvalue weighted by atomic mass is 16.1. The zero-order valence-corrected chi connectivity index (χ0v) is 13.0. The van der Waals surface area contributed by atoms with Gasteiger partial charge < -0.3 is 15.5 Å². The molecule has 114 valence electrons. The normalized spacial score (nSPS) is 19.8. The summed E-state index contributed by atoms with van der Waals surface area (Å²) in [4.78, 5) is 14.9. The summed E-state index contributed by atoms with van der Waals surface area (Å²) in [6, 6.07) is 6.98. The van der Waals surface area contributed by atoms with Crippen LogP contribution in [-0.4, -0.2) is 36.0 Å². The highest BCUT2D eigenvalue weighted by Gasteiger charge is 2.22. The van der Waals surface area contributed by atoms with Gasteiger partial charge in [0.15, 0.2) is 0 Å². The summed E-state index contributed by atoms with van der Waals surface area (Å²) in [5, 5.41) is 6.51. The third-order valence-electron chi connectivity index (χ3n) is 4.69. The van der Waals surface area contributed by atoms with Crippen molar-refractivity contribution < 1.29 is 4.79 Å². The molecule has 3 rings (SSSR count). The van der Waals surface area contributed by atoms with Crippen molar-refractivity contribution in [1.82, 2.24) is 15.5 Å². The van der Waals surface area contributed by atoms with Gasteiger partial charge in [0.1, 0.15) is 0 Å². The molecule has 0 unspecified atom stereocenters. The minimum atomic E-state index is 0.0766. The summed E-state index contributed by atoms with van der Waals surface area (Å²) in [6.45, 7) is 8.43. The van der Waals surface area contributed by atoms with Crippen molar-refractivity contribution >= 4 is 5.91 Å². The highest BCUT2D eigenvalue weighted by molar-refractivity contribution is 5.94. The summed E-state index contributed by atoms with van der Waals surface area (Å²) >= 11 is 0. The zero-order valence-electron chi connectivity index (χ0n) is 13.0. The van der Waals surface area contributed by atoms with E-state index in [1.807, 2.05) is 12.1 Å². The fraction of sp³-hybridized carbons (Fsp3) is 0.588. The van der Waals surface area contributed by atoms with E-state index >= 15 is 0 Å². The molecule has 1 aromatic carbocycles. The Morgan fingerprint density at radius 3 is 2.67 bits per heavy atom. The van der Waals surface area contributed by atoms with Crippen molar-refractivity contribution in [2.75, 3.05) is 13.1 Å². The molecule has 1 aromatic rings. The van der Waals surface area contributed by atoms with Gasteiger partial charge in [-0.05, 0) is 49.9 Å². The molecule has 2 aliphatic heterocycles. The van der Waals surface area contributed by atoms with E-state index in [-0.39, 0.29) is 5.91 Å². The second kappa shape index (κ2) is 6.16. The number of carbonyl (C=O) groups is 1. The van der Waals surface area contributed by atoms with E-state index in [1.54, 1.807) is 0 Å². The van der Waals surface area contributed by atoms with Gasteiger partial charge >= 0.3 is 0 Å². The molecule has 0 atom stereocenters. The monoisotopic (exact) mass is 287 g/mol. The number of nitrogens with one attached hydrogen (secondary N) is 2. The summed E-state index contributed by atoms with van der Waals surface area (Å²) < 4.78 is 0. The molecule has 0 aromatic heterocycles. The van der Waals surface area contributed by atoms with Crippen molar-refractivity contribution in [1.29, 1.82) is 0 Å². The Kier molecular flexibility index (Phi) is 4.27. The SMILES string of the molecule is CC(C)N1CCC(NC(=O)c2ccc3c(c2)CNC3)CC1. The summed E-state index contributed by atoms with van der Waals surface area (Å²) in [5.41, 5.74) is 3.37. The smallest absolute Gasteiger partial charge is 0.251 e. The molecular formula is C17H25N3O. The van der Waals surface area contributed by atoms with E-state index in [0.29, 0.717) is 12.1 Å². The molecular weight excluding hydrogens is 262 g/mol. The largest absolute Gasteiger partial charge is 0.349 e. The zero-order chi connectivity index (χ0) is 14.8. The number of nitrogens with zero attached hydrogens (tertiary/aromatic N) is 1. The van der Waals surface area contributed by atoms with Gasteiger partial charge in [0, 0.05) is 43.8 Å². The van der Waals surface area contributed by atoms with Gasteiger partial charge in [0.25, 0.3) is 5.91 Å². The number of carbonyl (C=O) groups excluding carboxylic acids is 1. The molecule has 2 aliphatic rings. The lowest BCUT2D eigenvalue weighted by Gasteiger charge is -2.34. The predicted molar refractivity (Wildman–Crippen MR) is 84.2 cm³/mol. The number of rotatable bonds is 3. The van der Waals surface area contributed by atoms with Crippen LogP contribution in [0.5, 0.6) is 0 Å². The number of hydrogen-bond donors (Lipinski definition) is 2. The molecule has 4 nitrogen and oxygen atoms in total. The van der Waals surface area contributed by atoms with Crippen LogP contribution in [0, 0.1) is 0 Å². The summed E-state index contributed by atoms with van der Waals surface area (Å²) in [5.74, 6) is 0.0766. The molecule has 0 saturated carbocycles. The van der Waals surface area contributed by atoms with E-state index in [4.69, 9.17) is 0 Å². The standard InChI is InChI=1S/C17H25N3O/c1-12(2)20-7-5-16(6-8-20)19-17(21)13-3-4-14-10-18-11-15(14)9-13/h3-4,9,12,16,18H,5-8,10-11H2,1-2H3,(H,19,21). The lowest BCUT2D eigenvalue weighted by atomic mass is 10.0. The van der Waals surface area contributed by atoms with Gasteiger partial charge in [-0.1, -0.05) is 6.07 Å². The van der Waals surface area contributed by atoms with E-state index in [0.717, 1.165) is 44.6 Å². The topological polar surface area (TPSA) is 44.4 Å². The van der Waals surface area contributed by atoms with E-state index in [9.17, 15) is 4.79 Å². The molecule has 1 saturated heterocycles. The van der Waals surface area contributed by atoms with E-state index in [2.05, 4.69) is 35.4 Å². The maximum atomic E-state index is 12.4. The third-order valence-corrected chi connectivity index (χ3v) is 4.69. The number of amides is 1. The molecule has 0 bridgehead atoms. The number of likely N-dealkylation sites (tertiary alicyclic amines) is 1. The van der Waals surface area contributed by atoms with Gasteiger partial charge in [-0.25, -0.2) is 0 Å². The predicted octanol–water partition coefficient (Wildman–Crippen LogP) is 1.89. The van der Waals surface area contributed by atoms with Crippen LogP contribution in [0.25, 0.3) is 0 Å². The number of piperidine rings is 1. The maximum Gasteiger partial charge on any atom is 0.251 e. The number of hydrogen-bond acceptors (Lipinski definition) is 3. The first-order valence-electron chi connectivity index (χ1n) is 8.01. The van der Waals surface area contributed by atoms with E-state index < -0.39 is 0 Å². The van der Waals surface area contributed by atoms with Crippen LogP contribution in [0.15, 0.2) is 18.2 Å². The lowest BCUT2D eigenvalue weighted by molar-refractivity contribution is 0.0900. The molecule has 0 aliphatic carbocycles. The van der Waals surface area contributed by atoms with Crippen molar-refractivity contribution in [2.45, 2.75) is 51.9 Å². The molecule has 2 heterocycles. The molecule has 0 radical (unpaired) electrons. The van der Waals surface area contributed by atoms with Crippen LogP contribution in [-0.2, 0) is 13.1 Å². The van der Waals surface area contributed by atoms with Crippen molar-refractivity contribution in [2.24, 2.45) is 0 Å². The Hall–Kier alpha value is -1.39. The van der Waals surface area contributed by atoms with E-state index in [1.165, 1.54) is 11.1 Å². The van der Waals surface area contributed by atoms with Crippen LogP contribution >= 0.6 is 0 Å². The fourth-order valence-corrected chi connectivity index (χ4v) is 3.26. The molecule has 2 N–H and O–H groups in total. The van der Waals surface area contributed by atoms with Gasteiger partial charge in [0.05, 0.1) is 0 Å². The Balaban J connectivity index is 1.57. The van der Waals surface area contributed by atoms with Crippen LogP contribution in [0.1, 0.15) is 48.2 Å². The molecule has 4 heteroatoms. The van der Waals surface area contributed by atoms with Crippen LogP contribution in [0.3, 0.4) is 0 Å². The van der Waals surface area contributed by atoms with Crippen molar-refractivity contribution in [3.05, 3.63) is 34.9 Å². The van der Waals surface area contributed by atoms with Gasteiger partial charge in [0.2, 0.25) is 0 Å². The first-order chi connectivity index (χ1) is 10.1. The average molecular weight is 287 g/mol. The Labute approximate surface area is 126 Å². The van der Waals surface area contributed by atoms with Gasteiger partial charge in [-0.2, -0.15) is 0 Å². The van der Waals surface area contributed by atoms with Crippen LogP contribution in [0.4, 0.5) is 0 Å². The Morgan fingerprint density at radius 1 is 1.24 bits per heavy atom. The van der Waals surface area contributed by atoms with Gasteiger partial charge in [-0.3, -0.25) is 4.79 Å². The number of fused-ring (bicyclic) bond motifs is 1. The van der Waals surface area contributed by atoms with Gasteiger partial charge in [-0.15, -0.1) is 0 Å². The Morgan fingerprint density at radius 2 is 1.95 bits per heavy atom.